The lowest BCUT2D eigenvalue weighted by Gasteiger charge is -2.12. The average molecular weight is 682 g/mol. The Kier molecular flexibility index (Phi) is 7.91. The number of hydrogen-bond acceptors (Lipinski definition) is 4. The van der Waals surface area contributed by atoms with Crippen molar-refractivity contribution in [2.24, 2.45) is 5.10 Å². The molecule has 6 rings (SSSR count). The minimum Gasteiger partial charge on any atom is -0.489 e. The van der Waals surface area contributed by atoms with Crippen molar-refractivity contribution in [3.8, 4) is 22.8 Å². The van der Waals surface area contributed by atoms with E-state index in [1.807, 2.05) is 97.9 Å². The summed E-state index contributed by atoms with van der Waals surface area (Å²) in [5.74, 6) is 1.28. The molecule has 0 unspecified atom stereocenters. The van der Waals surface area contributed by atoms with E-state index < -0.39 is 0 Å². The second-order valence-corrected chi connectivity index (χ2v) is 11.6. The van der Waals surface area contributed by atoms with Crippen LogP contribution in [0.4, 0.5) is 0 Å². The zero-order valence-electron chi connectivity index (χ0n) is 23.0. The van der Waals surface area contributed by atoms with E-state index in [4.69, 9.17) is 9.72 Å². The quantitative estimate of drug-likeness (QED) is 0.159. The molecule has 0 bridgehead atoms. The van der Waals surface area contributed by atoms with E-state index in [0.29, 0.717) is 23.3 Å². The summed E-state index contributed by atoms with van der Waals surface area (Å²) in [6, 6.07) is 33.1. The Morgan fingerprint density at radius 2 is 1.62 bits per heavy atom. The topological polar surface area (TPSA) is 61.4 Å². The lowest BCUT2D eigenvalue weighted by Crippen LogP contribution is -2.20. The third-order valence-electron chi connectivity index (χ3n) is 7.07. The molecule has 0 aliphatic carbocycles. The second kappa shape index (κ2) is 11.9. The summed E-state index contributed by atoms with van der Waals surface area (Å²) in [5.41, 5.74) is 6.29. The SMILES string of the molecule is Cc1cc(C=Nn2c(-c3ccccc3)nc3ccccc3c2=O)c(C)n1-c1ccc(OCc2ccc(Br)cc2Br)cc1. The van der Waals surface area contributed by atoms with E-state index in [1.165, 1.54) is 4.68 Å². The zero-order valence-corrected chi connectivity index (χ0v) is 26.1. The Bertz CT molecular complexity index is 2000. The Morgan fingerprint density at radius 3 is 2.38 bits per heavy atom. The van der Waals surface area contributed by atoms with Gasteiger partial charge in [0.25, 0.3) is 5.56 Å². The highest BCUT2D eigenvalue weighted by atomic mass is 79.9. The van der Waals surface area contributed by atoms with Crippen LogP contribution in [0.5, 0.6) is 5.75 Å². The summed E-state index contributed by atoms with van der Waals surface area (Å²) in [5, 5.41) is 5.19. The third kappa shape index (κ3) is 5.60. The number of para-hydroxylation sites is 1. The molecule has 0 aliphatic heterocycles. The standard InChI is InChI=1S/C34H26Br2N4O2/c1-22-18-26(20-37-40-33(24-8-4-3-5-9-24)38-32-11-7-6-10-30(32)34(40)41)23(2)39(22)28-14-16-29(17-15-28)42-21-25-12-13-27(35)19-31(25)36/h3-20H,21H2,1-2H3. The zero-order chi connectivity index (χ0) is 29.2. The van der Waals surface area contributed by atoms with Crippen LogP contribution in [0.15, 0.2) is 122 Å². The summed E-state index contributed by atoms with van der Waals surface area (Å²) in [6.45, 7) is 4.56. The Labute approximate surface area is 260 Å². The van der Waals surface area contributed by atoms with Gasteiger partial charge in [0.1, 0.15) is 12.4 Å². The number of halogens is 2. The van der Waals surface area contributed by atoms with Crippen LogP contribution in [0, 0.1) is 13.8 Å². The van der Waals surface area contributed by atoms with Crippen molar-refractivity contribution in [1.29, 1.82) is 0 Å². The molecular weight excluding hydrogens is 656 g/mol. The molecule has 0 spiro atoms. The summed E-state index contributed by atoms with van der Waals surface area (Å²) >= 11 is 7.08. The smallest absolute Gasteiger partial charge is 0.282 e. The van der Waals surface area contributed by atoms with Crippen LogP contribution >= 0.6 is 31.9 Å². The van der Waals surface area contributed by atoms with Gasteiger partial charge in [-0.25, -0.2) is 4.98 Å². The fraction of sp³-hybridized carbons (Fsp3) is 0.0882. The maximum absolute atomic E-state index is 13.5. The van der Waals surface area contributed by atoms with Crippen molar-refractivity contribution in [2.75, 3.05) is 0 Å². The molecule has 4 aromatic carbocycles. The van der Waals surface area contributed by atoms with Gasteiger partial charge in [-0.1, -0.05) is 80.4 Å². The van der Waals surface area contributed by atoms with Gasteiger partial charge in [-0.2, -0.15) is 9.78 Å². The molecule has 0 atom stereocenters. The van der Waals surface area contributed by atoms with Crippen molar-refractivity contribution < 1.29 is 4.74 Å². The molecule has 208 valence electrons. The highest BCUT2D eigenvalue weighted by molar-refractivity contribution is 9.11. The van der Waals surface area contributed by atoms with Gasteiger partial charge < -0.3 is 9.30 Å². The molecule has 0 N–H and O–H groups in total. The number of aryl methyl sites for hydroxylation is 1. The average Bonchev–Trinajstić information content (AvgIpc) is 3.29. The summed E-state index contributed by atoms with van der Waals surface area (Å²) in [4.78, 5) is 18.3. The van der Waals surface area contributed by atoms with Crippen molar-refractivity contribution in [3.05, 3.63) is 145 Å². The molecule has 6 aromatic rings. The Morgan fingerprint density at radius 1 is 0.881 bits per heavy atom. The number of nitrogens with zero attached hydrogens (tertiary/aromatic N) is 4. The summed E-state index contributed by atoms with van der Waals surface area (Å²) < 4.78 is 11.6. The van der Waals surface area contributed by atoms with E-state index in [-0.39, 0.29) is 5.56 Å². The molecule has 2 heterocycles. The van der Waals surface area contributed by atoms with E-state index in [9.17, 15) is 4.79 Å². The van der Waals surface area contributed by atoms with Crippen LogP contribution in [0.3, 0.4) is 0 Å². The van der Waals surface area contributed by atoms with Crippen LogP contribution in [0.1, 0.15) is 22.5 Å². The van der Waals surface area contributed by atoms with Crippen molar-refractivity contribution in [2.45, 2.75) is 20.5 Å². The molecule has 0 aliphatic rings. The predicted molar refractivity (Wildman–Crippen MR) is 176 cm³/mol. The van der Waals surface area contributed by atoms with Crippen LogP contribution in [0.25, 0.3) is 28.0 Å². The first-order valence-corrected chi connectivity index (χ1v) is 15.0. The van der Waals surface area contributed by atoms with Crippen LogP contribution in [-0.2, 0) is 6.61 Å². The molecule has 6 nitrogen and oxygen atoms in total. The fourth-order valence-corrected chi connectivity index (χ4v) is 6.09. The molecule has 42 heavy (non-hydrogen) atoms. The normalized spacial score (nSPS) is 11.4. The van der Waals surface area contributed by atoms with Crippen molar-refractivity contribution >= 4 is 49.0 Å². The second-order valence-electron chi connectivity index (χ2n) is 9.86. The van der Waals surface area contributed by atoms with Gasteiger partial charge in [-0.05, 0) is 68.4 Å². The van der Waals surface area contributed by atoms with Gasteiger partial charge in [-0.15, -0.1) is 0 Å². The molecular formula is C34H26Br2N4O2. The molecule has 0 saturated carbocycles. The lowest BCUT2D eigenvalue weighted by atomic mass is 10.2. The first kappa shape index (κ1) is 27.9. The maximum atomic E-state index is 13.5. The molecule has 0 radical (unpaired) electrons. The van der Waals surface area contributed by atoms with Crippen molar-refractivity contribution in [1.82, 2.24) is 14.2 Å². The van der Waals surface area contributed by atoms with Crippen LogP contribution < -0.4 is 10.3 Å². The number of hydrogen-bond donors (Lipinski definition) is 0. The number of ether oxygens (including phenoxy) is 1. The maximum Gasteiger partial charge on any atom is 0.282 e. The van der Waals surface area contributed by atoms with E-state index in [1.54, 1.807) is 12.3 Å². The van der Waals surface area contributed by atoms with Gasteiger partial charge in [0.2, 0.25) is 0 Å². The van der Waals surface area contributed by atoms with E-state index in [2.05, 4.69) is 54.5 Å². The van der Waals surface area contributed by atoms with Crippen LogP contribution in [0.2, 0.25) is 0 Å². The van der Waals surface area contributed by atoms with Gasteiger partial charge in [0.05, 0.1) is 17.1 Å². The van der Waals surface area contributed by atoms with Crippen LogP contribution in [-0.4, -0.2) is 20.4 Å². The van der Waals surface area contributed by atoms with E-state index >= 15 is 0 Å². The highest BCUT2D eigenvalue weighted by Crippen LogP contribution is 2.26. The molecule has 0 fully saturated rings. The monoisotopic (exact) mass is 680 g/mol. The third-order valence-corrected chi connectivity index (χ3v) is 8.30. The molecule has 8 heteroatoms. The number of rotatable bonds is 7. The Balaban J connectivity index is 1.29. The Hall–Kier alpha value is -4.27. The van der Waals surface area contributed by atoms with E-state index in [0.717, 1.165) is 48.5 Å². The van der Waals surface area contributed by atoms with Gasteiger partial charge in [0, 0.05) is 42.7 Å². The number of aromatic nitrogens is 3. The summed E-state index contributed by atoms with van der Waals surface area (Å²) in [6.07, 6.45) is 1.73. The minimum absolute atomic E-state index is 0.213. The molecule has 2 aromatic heterocycles. The van der Waals surface area contributed by atoms with Gasteiger partial charge >= 0.3 is 0 Å². The first-order valence-electron chi connectivity index (χ1n) is 13.4. The largest absolute Gasteiger partial charge is 0.489 e. The lowest BCUT2D eigenvalue weighted by molar-refractivity contribution is 0.305. The number of benzene rings is 4. The molecule has 0 saturated heterocycles. The minimum atomic E-state index is -0.213. The first-order chi connectivity index (χ1) is 20.4. The highest BCUT2D eigenvalue weighted by Gasteiger charge is 2.14. The predicted octanol–water partition coefficient (Wildman–Crippen LogP) is 8.46. The summed E-state index contributed by atoms with van der Waals surface area (Å²) in [7, 11) is 0. The molecule has 0 amide bonds. The van der Waals surface area contributed by atoms with Gasteiger partial charge in [0.15, 0.2) is 5.82 Å². The van der Waals surface area contributed by atoms with Crippen molar-refractivity contribution in [3.63, 3.8) is 0 Å². The van der Waals surface area contributed by atoms with Gasteiger partial charge in [-0.3, -0.25) is 4.79 Å². The fourth-order valence-electron chi connectivity index (χ4n) is 4.93. The number of fused-ring (bicyclic) bond motifs is 1.